The van der Waals surface area contributed by atoms with Gasteiger partial charge in [0.2, 0.25) is 0 Å². The zero-order valence-corrected chi connectivity index (χ0v) is 13.0. The summed E-state index contributed by atoms with van der Waals surface area (Å²) in [6.07, 6.45) is 0. The summed E-state index contributed by atoms with van der Waals surface area (Å²) >= 11 is 5.91. The largest absolute Gasteiger partial charge is 0.508 e. The van der Waals surface area contributed by atoms with E-state index in [1.165, 1.54) is 18.2 Å². The Bertz CT molecular complexity index is 747. The highest BCUT2D eigenvalue weighted by Gasteiger charge is 2.08. The maximum absolute atomic E-state index is 11.7. The predicted octanol–water partition coefficient (Wildman–Crippen LogP) is 2.67. The molecule has 2 aromatic rings. The lowest BCUT2D eigenvalue weighted by atomic mass is 10.1. The zero-order valence-electron chi connectivity index (χ0n) is 12.3. The van der Waals surface area contributed by atoms with Crippen LogP contribution in [0.25, 0.3) is 0 Å². The molecule has 2 rings (SSSR count). The van der Waals surface area contributed by atoms with Gasteiger partial charge in [-0.1, -0.05) is 23.7 Å². The molecular formula is C16H15ClN2O4. The number of hydrazone groups is 1. The van der Waals surface area contributed by atoms with Gasteiger partial charge in [-0.25, -0.2) is 5.43 Å². The maximum Gasteiger partial charge on any atom is 0.277 e. The number of hydrogen-bond acceptors (Lipinski definition) is 5. The van der Waals surface area contributed by atoms with Gasteiger partial charge in [-0.2, -0.15) is 5.10 Å². The van der Waals surface area contributed by atoms with E-state index in [2.05, 4.69) is 10.5 Å². The molecule has 2 aromatic carbocycles. The van der Waals surface area contributed by atoms with Crippen molar-refractivity contribution in [3.8, 4) is 17.2 Å². The number of phenolic OH excluding ortho intramolecular Hbond substituents is 2. The first-order chi connectivity index (χ1) is 11.0. The lowest BCUT2D eigenvalue weighted by Gasteiger charge is -2.07. The van der Waals surface area contributed by atoms with Gasteiger partial charge in [0, 0.05) is 11.6 Å². The molecule has 0 aliphatic carbocycles. The number of ether oxygens (including phenoxy) is 1. The Balaban J connectivity index is 1.94. The molecule has 0 fully saturated rings. The lowest BCUT2D eigenvalue weighted by Crippen LogP contribution is -2.25. The zero-order chi connectivity index (χ0) is 16.8. The molecule has 120 valence electrons. The maximum atomic E-state index is 11.7. The van der Waals surface area contributed by atoms with Gasteiger partial charge in [0.25, 0.3) is 5.91 Å². The Hall–Kier alpha value is -2.73. The number of aromatic hydroxyl groups is 2. The molecule has 0 aliphatic rings. The Morgan fingerprint density at radius 2 is 2.00 bits per heavy atom. The quantitative estimate of drug-likeness (QED) is 0.579. The summed E-state index contributed by atoms with van der Waals surface area (Å²) in [6, 6.07) is 10.9. The van der Waals surface area contributed by atoms with Crippen molar-refractivity contribution < 1.29 is 19.7 Å². The minimum absolute atomic E-state index is 0.0591. The second-order valence-electron chi connectivity index (χ2n) is 4.65. The summed E-state index contributed by atoms with van der Waals surface area (Å²) in [6.45, 7) is 1.36. The molecule has 0 aliphatic heterocycles. The average molecular weight is 335 g/mol. The fourth-order valence-electron chi connectivity index (χ4n) is 1.77. The lowest BCUT2D eigenvalue weighted by molar-refractivity contribution is -0.123. The van der Waals surface area contributed by atoms with Gasteiger partial charge < -0.3 is 14.9 Å². The first-order valence-electron chi connectivity index (χ1n) is 6.70. The minimum atomic E-state index is -0.470. The van der Waals surface area contributed by atoms with E-state index < -0.39 is 5.91 Å². The summed E-state index contributed by atoms with van der Waals surface area (Å²) < 4.78 is 5.28. The number of carbonyl (C=O) groups is 1. The Kier molecular flexibility index (Phi) is 5.43. The number of nitrogens with zero attached hydrogens (tertiary/aromatic N) is 1. The van der Waals surface area contributed by atoms with Crippen LogP contribution in [0.2, 0.25) is 5.02 Å². The topological polar surface area (TPSA) is 91.2 Å². The van der Waals surface area contributed by atoms with Crippen LogP contribution in [0.3, 0.4) is 0 Å². The van der Waals surface area contributed by atoms with Gasteiger partial charge in [0.15, 0.2) is 6.61 Å². The molecule has 7 heteroatoms. The van der Waals surface area contributed by atoms with Crippen LogP contribution < -0.4 is 10.2 Å². The van der Waals surface area contributed by atoms with Crippen LogP contribution >= 0.6 is 11.6 Å². The van der Waals surface area contributed by atoms with Gasteiger partial charge in [0.1, 0.15) is 17.2 Å². The highest BCUT2D eigenvalue weighted by Crippen LogP contribution is 2.23. The van der Waals surface area contributed by atoms with Crippen molar-refractivity contribution in [2.45, 2.75) is 6.92 Å². The SMILES string of the molecule is C/C(=N\NC(=O)COc1ccccc1Cl)c1ccc(O)cc1O. The molecule has 0 aromatic heterocycles. The summed E-state index contributed by atoms with van der Waals surface area (Å²) in [5.74, 6) is -0.257. The number of carbonyl (C=O) groups excluding carboxylic acids is 1. The molecule has 0 saturated heterocycles. The fourth-order valence-corrected chi connectivity index (χ4v) is 1.96. The van der Waals surface area contributed by atoms with Crippen LogP contribution in [0, 0.1) is 0 Å². The highest BCUT2D eigenvalue weighted by atomic mass is 35.5. The van der Waals surface area contributed by atoms with E-state index in [4.69, 9.17) is 16.3 Å². The van der Waals surface area contributed by atoms with E-state index in [0.717, 1.165) is 0 Å². The number of benzene rings is 2. The molecule has 0 radical (unpaired) electrons. The minimum Gasteiger partial charge on any atom is -0.508 e. The second-order valence-corrected chi connectivity index (χ2v) is 5.06. The smallest absolute Gasteiger partial charge is 0.277 e. The first kappa shape index (κ1) is 16.6. The molecule has 1 amide bonds. The van der Waals surface area contributed by atoms with E-state index in [1.54, 1.807) is 31.2 Å². The van der Waals surface area contributed by atoms with Crippen molar-refractivity contribution in [2.24, 2.45) is 5.10 Å². The van der Waals surface area contributed by atoms with Crippen LogP contribution in [0.5, 0.6) is 17.2 Å². The molecule has 23 heavy (non-hydrogen) atoms. The summed E-state index contributed by atoms with van der Waals surface area (Å²) in [5, 5.41) is 23.3. The number of phenols is 2. The Morgan fingerprint density at radius 1 is 1.26 bits per heavy atom. The summed E-state index contributed by atoms with van der Waals surface area (Å²) in [5.41, 5.74) is 3.10. The molecule has 0 unspecified atom stereocenters. The van der Waals surface area contributed by atoms with Crippen molar-refractivity contribution in [2.75, 3.05) is 6.61 Å². The molecule has 0 bridgehead atoms. The van der Waals surface area contributed by atoms with Crippen molar-refractivity contribution in [1.82, 2.24) is 5.43 Å². The van der Waals surface area contributed by atoms with Crippen LogP contribution in [0.15, 0.2) is 47.6 Å². The van der Waals surface area contributed by atoms with Crippen molar-refractivity contribution >= 4 is 23.2 Å². The third-order valence-electron chi connectivity index (χ3n) is 2.91. The van der Waals surface area contributed by atoms with Gasteiger partial charge >= 0.3 is 0 Å². The third-order valence-corrected chi connectivity index (χ3v) is 3.23. The van der Waals surface area contributed by atoms with E-state index in [1.807, 2.05) is 0 Å². The Labute approximate surface area is 138 Å². The standard InChI is InChI=1S/C16H15ClN2O4/c1-10(12-7-6-11(20)8-14(12)21)18-19-16(22)9-23-15-5-3-2-4-13(15)17/h2-8,20-21H,9H2,1H3,(H,19,22)/b18-10+. The number of para-hydroxylation sites is 1. The summed E-state index contributed by atoms with van der Waals surface area (Å²) in [7, 11) is 0. The Morgan fingerprint density at radius 3 is 2.70 bits per heavy atom. The van der Waals surface area contributed by atoms with Gasteiger partial charge in [0.05, 0.1) is 10.7 Å². The monoisotopic (exact) mass is 334 g/mol. The van der Waals surface area contributed by atoms with Gasteiger partial charge in [-0.3, -0.25) is 4.79 Å². The normalized spacial score (nSPS) is 11.1. The molecule has 0 atom stereocenters. The molecule has 0 spiro atoms. The number of amides is 1. The third kappa shape index (κ3) is 4.62. The fraction of sp³-hybridized carbons (Fsp3) is 0.125. The highest BCUT2D eigenvalue weighted by molar-refractivity contribution is 6.32. The second kappa shape index (κ2) is 7.51. The molecule has 0 saturated carbocycles. The van der Waals surface area contributed by atoms with Crippen LogP contribution in [0.4, 0.5) is 0 Å². The van der Waals surface area contributed by atoms with E-state index in [-0.39, 0.29) is 18.1 Å². The molecule has 0 heterocycles. The van der Waals surface area contributed by atoms with E-state index in [9.17, 15) is 15.0 Å². The predicted molar refractivity (Wildman–Crippen MR) is 87.1 cm³/mol. The number of rotatable bonds is 5. The van der Waals surface area contributed by atoms with E-state index >= 15 is 0 Å². The summed E-state index contributed by atoms with van der Waals surface area (Å²) in [4.78, 5) is 11.7. The van der Waals surface area contributed by atoms with Crippen LogP contribution in [-0.4, -0.2) is 28.4 Å². The molecule has 3 N–H and O–H groups in total. The molecule has 6 nitrogen and oxygen atoms in total. The molecular weight excluding hydrogens is 320 g/mol. The van der Waals surface area contributed by atoms with Crippen molar-refractivity contribution in [3.05, 3.63) is 53.1 Å². The van der Waals surface area contributed by atoms with Gasteiger partial charge in [-0.05, 0) is 31.2 Å². The van der Waals surface area contributed by atoms with Crippen LogP contribution in [0.1, 0.15) is 12.5 Å². The number of halogens is 1. The average Bonchev–Trinajstić information content (AvgIpc) is 2.52. The first-order valence-corrected chi connectivity index (χ1v) is 7.08. The van der Waals surface area contributed by atoms with E-state index in [0.29, 0.717) is 22.0 Å². The number of hydrogen-bond donors (Lipinski definition) is 3. The van der Waals surface area contributed by atoms with Crippen molar-refractivity contribution in [1.29, 1.82) is 0 Å². The number of nitrogens with one attached hydrogen (secondary N) is 1. The van der Waals surface area contributed by atoms with Crippen molar-refractivity contribution in [3.63, 3.8) is 0 Å². The van der Waals surface area contributed by atoms with Crippen LogP contribution in [-0.2, 0) is 4.79 Å². The van der Waals surface area contributed by atoms with Gasteiger partial charge in [-0.15, -0.1) is 0 Å².